The fourth-order valence-corrected chi connectivity index (χ4v) is 26.6. The number of likely N-dealkylation sites (tertiary alicyclic amines) is 2. The van der Waals surface area contributed by atoms with E-state index in [2.05, 4.69) is 31.1 Å². The van der Waals surface area contributed by atoms with Crippen LogP contribution in [0.2, 0.25) is 0 Å². The molecule has 20 unspecified atom stereocenters. The highest BCUT2D eigenvalue weighted by molar-refractivity contribution is 5.17. The molecule has 0 bridgehead atoms. The molecule has 0 aromatic rings. The quantitative estimate of drug-likeness (QED) is 0.175. The van der Waals surface area contributed by atoms with E-state index in [1.54, 1.807) is 64.2 Å². The van der Waals surface area contributed by atoms with Gasteiger partial charge < -0.3 is 21.3 Å². The lowest BCUT2D eigenvalue weighted by atomic mass is 9.61. The van der Waals surface area contributed by atoms with Gasteiger partial charge in [0.05, 0.1) is 0 Å². The maximum atomic E-state index is 4.39. The van der Waals surface area contributed by atoms with Crippen molar-refractivity contribution in [3.63, 3.8) is 0 Å². The van der Waals surface area contributed by atoms with Crippen molar-refractivity contribution >= 4 is 0 Å². The van der Waals surface area contributed by atoms with Crippen LogP contribution in [0.3, 0.4) is 0 Å². The Morgan fingerprint density at radius 2 is 0.475 bits per heavy atom. The number of nitrogens with one attached hydrogen (secondary N) is 4. The van der Waals surface area contributed by atoms with Crippen molar-refractivity contribution in [3.8, 4) is 0 Å². The number of hydrogen-bond acceptors (Lipinski definition) is 6. The van der Waals surface area contributed by atoms with Crippen LogP contribution in [0.15, 0.2) is 0 Å². The van der Waals surface area contributed by atoms with Gasteiger partial charge >= 0.3 is 0 Å². The Balaban J connectivity index is 0.717. The highest BCUT2D eigenvalue weighted by Gasteiger charge is 2.64. The summed E-state index contributed by atoms with van der Waals surface area (Å²) in [5.41, 5.74) is 0. The van der Waals surface area contributed by atoms with E-state index in [0.29, 0.717) is 0 Å². The molecule has 20 atom stereocenters. The van der Waals surface area contributed by atoms with E-state index in [1.165, 1.54) is 244 Å². The molecule has 6 heterocycles. The summed E-state index contributed by atoms with van der Waals surface area (Å²) in [5.74, 6) is 15.5. The van der Waals surface area contributed by atoms with Gasteiger partial charge in [0.1, 0.15) is 0 Å². The van der Waals surface area contributed by atoms with Crippen LogP contribution in [-0.4, -0.2) is 96.4 Å². The fourth-order valence-electron chi connectivity index (χ4n) is 26.6. The minimum atomic E-state index is 0.772. The molecule has 0 spiro atoms. The van der Waals surface area contributed by atoms with E-state index in [9.17, 15) is 0 Å². The minimum absolute atomic E-state index is 0.772. The Morgan fingerprint density at radius 1 is 0.200 bits per heavy atom. The monoisotopic (exact) mass is 1100 g/mol. The molecule has 0 aromatic heterocycles. The van der Waals surface area contributed by atoms with Crippen molar-refractivity contribution in [2.75, 3.05) is 26.2 Å². The van der Waals surface area contributed by atoms with Gasteiger partial charge in [-0.15, -0.1) is 0 Å². The van der Waals surface area contributed by atoms with E-state index in [0.717, 1.165) is 155 Å². The van der Waals surface area contributed by atoms with Crippen molar-refractivity contribution in [2.24, 2.45) is 94.7 Å². The lowest BCUT2D eigenvalue weighted by Crippen LogP contribution is -2.58. The Bertz CT molecular complexity index is 1710. The average molecular weight is 1100 g/mol. The fraction of sp³-hybridized carbons (Fsp3) is 1.00. The second-order valence-electron chi connectivity index (χ2n) is 33.5. The molecule has 0 amide bonds. The Kier molecular flexibility index (Phi) is 18.2. The van der Waals surface area contributed by atoms with Gasteiger partial charge in [0.2, 0.25) is 0 Å². The molecule has 9 saturated carbocycles. The van der Waals surface area contributed by atoms with Crippen molar-refractivity contribution in [2.45, 2.75) is 343 Å². The Morgan fingerprint density at radius 3 is 0.775 bits per heavy atom. The molecule has 15 rings (SSSR count). The van der Waals surface area contributed by atoms with Crippen LogP contribution in [0.1, 0.15) is 283 Å². The SMILES string of the molecule is C1CCC(C2CCNC(C3CC(C4CC(C5CCCCC5)CCN4)CC(N4C5CCCCC5C5C6C7CCCCC7N(C7CC(C8CC(C9CCCCC9)CCN8)CC(C8CC(C9CCCCC9)CCN8)C7)C6CCC54)C3)C2)CC1. The topological polar surface area (TPSA) is 54.6 Å². The molecule has 452 valence electrons. The molecule has 9 aliphatic carbocycles. The highest BCUT2D eigenvalue weighted by atomic mass is 15.3. The third kappa shape index (κ3) is 11.6. The van der Waals surface area contributed by atoms with Crippen LogP contribution in [0.4, 0.5) is 0 Å². The second-order valence-corrected chi connectivity index (χ2v) is 33.5. The molecule has 6 nitrogen and oxygen atoms in total. The average Bonchev–Trinajstić information content (AvgIpc) is 4.25. The van der Waals surface area contributed by atoms with E-state index < -0.39 is 0 Å². The smallest absolute Gasteiger partial charge is 0.0137 e. The van der Waals surface area contributed by atoms with E-state index >= 15 is 0 Å². The zero-order valence-corrected chi connectivity index (χ0v) is 51.8. The van der Waals surface area contributed by atoms with E-state index in [-0.39, 0.29) is 0 Å². The van der Waals surface area contributed by atoms with Gasteiger partial charge in [-0.3, -0.25) is 9.80 Å². The predicted octanol–water partition coefficient (Wildman–Crippen LogP) is 15.9. The third-order valence-corrected chi connectivity index (χ3v) is 30.0. The number of rotatable bonds is 10. The highest BCUT2D eigenvalue weighted by Crippen LogP contribution is 2.62. The van der Waals surface area contributed by atoms with E-state index in [1.807, 2.05) is 0 Å². The van der Waals surface area contributed by atoms with Crippen molar-refractivity contribution < 1.29 is 0 Å². The Labute approximate surface area is 492 Å². The molecule has 0 radical (unpaired) electrons. The largest absolute Gasteiger partial charge is 0.314 e. The van der Waals surface area contributed by atoms with E-state index in [4.69, 9.17) is 0 Å². The zero-order valence-electron chi connectivity index (χ0n) is 51.8. The van der Waals surface area contributed by atoms with Crippen molar-refractivity contribution in [3.05, 3.63) is 0 Å². The van der Waals surface area contributed by atoms with Gasteiger partial charge in [-0.2, -0.15) is 0 Å². The summed E-state index contributed by atoms with van der Waals surface area (Å²) in [6.45, 7) is 5.23. The zero-order chi connectivity index (χ0) is 52.9. The maximum Gasteiger partial charge on any atom is 0.0137 e. The molecular weight excluding hydrogens is 973 g/mol. The summed E-state index contributed by atoms with van der Waals surface area (Å²) in [5, 5.41) is 17.6. The first-order chi connectivity index (χ1) is 39.6. The molecule has 15 fully saturated rings. The Hall–Kier alpha value is -0.240. The van der Waals surface area contributed by atoms with Crippen molar-refractivity contribution in [1.29, 1.82) is 0 Å². The summed E-state index contributed by atoms with van der Waals surface area (Å²) in [4.78, 5) is 7.10. The van der Waals surface area contributed by atoms with Crippen LogP contribution in [0.5, 0.6) is 0 Å². The number of nitrogens with zero attached hydrogens (tertiary/aromatic N) is 2. The van der Waals surface area contributed by atoms with Crippen molar-refractivity contribution in [1.82, 2.24) is 31.1 Å². The molecule has 6 heteroatoms. The lowest BCUT2D eigenvalue weighted by molar-refractivity contribution is -0.0166. The molecule has 6 saturated heterocycles. The lowest BCUT2D eigenvalue weighted by Gasteiger charge is -2.52. The number of fused-ring (bicyclic) bond motifs is 7. The summed E-state index contributed by atoms with van der Waals surface area (Å²) >= 11 is 0. The first kappa shape index (κ1) is 56.3. The van der Waals surface area contributed by atoms with Gasteiger partial charge in [-0.25, -0.2) is 0 Å². The second kappa shape index (κ2) is 25.8. The first-order valence-electron chi connectivity index (χ1n) is 38.1. The molecule has 15 aliphatic rings. The normalized spacial score (nSPS) is 49.4. The summed E-state index contributed by atoms with van der Waals surface area (Å²) in [6, 6.07) is 8.25. The summed E-state index contributed by atoms with van der Waals surface area (Å²) < 4.78 is 0. The molecule has 4 N–H and O–H groups in total. The minimum Gasteiger partial charge on any atom is -0.314 e. The molecule has 80 heavy (non-hydrogen) atoms. The van der Waals surface area contributed by atoms with Crippen LogP contribution in [-0.2, 0) is 0 Å². The molecule has 6 aliphatic heterocycles. The third-order valence-electron chi connectivity index (χ3n) is 30.0. The maximum absolute atomic E-state index is 4.39. The van der Waals surface area contributed by atoms with Crippen LogP contribution in [0, 0.1) is 94.7 Å². The first-order valence-corrected chi connectivity index (χ1v) is 38.1. The van der Waals surface area contributed by atoms with Gasteiger partial charge in [0.15, 0.2) is 0 Å². The standard InChI is InChI=1S/C74H126N6/c1-5-17-49(18-6-1)53-31-35-75-65(45-53)57-39-58(66-46-54(32-36-76-66)50-19-7-2-8-20-50)42-61(41-57)79-69-27-15-13-25-63(69)73-71(79)29-30-72-74(73)64-26-14-16-28-70(64)80(72)62-43-59(67-47-55(33-37-77-67)51-21-9-3-10-22-51)40-60(44-62)68-48-56(34-38-78-68)52-23-11-4-12-24-52/h49-78H,1-48H2. The van der Waals surface area contributed by atoms with Gasteiger partial charge in [0.25, 0.3) is 0 Å². The van der Waals surface area contributed by atoms with Crippen LogP contribution >= 0.6 is 0 Å². The summed E-state index contributed by atoms with van der Waals surface area (Å²) in [6.07, 6.45) is 67.0. The van der Waals surface area contributed by atoms with Gasteiger partial charge in [0, 0.05) is 60.4 Å². The summed E-state index contributed by atoms with van der Waals surface area (Å²) in [7, 11) is 0. The van der Waals surface area contributed by atoms with Gasteiger partial charge in [-0.1, -0.05) is 154 Å². The predicted molar refractivity (Wildman–Crippen MR) is 333 cm³/mol. The molecule has 0 aromatic carbocycles. The number of hydrogen-bond donors (Lipinski definition) is 4. The molecular formula is C74H126N6. The van der Waals surface area contributed by atoms with Crippen LogP contribution < -0.4 is 21.3 Å². The van der Waals surface area contributed by atoms with Gasteiger partial charge in [-0.05, 0) is 249 Å². The number of piperidine rings is 4. The van der Waals surface area contributed by atoms with Crippen LogP contribution in [0.25, 0.3) is 0 Å².